The molecule has 7 heteroatoms. The first kappa shape index (κ1) is 21.6. The van der Waals surface area contributed by atoms with E-state index in [1.807, 2.05) is 42.6 Å². The van der Waals surface area contributed by atoms with Crippen LogP contribution in [0.1, 0.15) is 35.8 Å². The number of methoxy groups -OCH3 is 1. The zero-order chi connectivity index (χ0) is 20.8. The van der Waals surface area contributed by atoms with Crippen molar-refractivity contribution in [2.45, 2.75) is 33.2 Å². The standard InChI is InChI=1S/C22H26ClN3O2S/c1-4-5-10-24-21(27)17-13-20(26(15(17)2)11-12-28-3)19-14-29-22(25-19)16-8-6-7-9-18(16)23/h6-9,13-14H,4-5,10-12H2,1-3H3,(H,24,27). The summed E-state index contributed by atoms with van der Waals surface area (Å²) in [6.45, 7) is 5.96. The summed E-state index contributed by atoms with van der Waals surface area (Å²) < 4.78 is 7.38. The van der Waals surface area contributed by atoms with Gasteiger partial charge < -0.3 is 14.6 Å². The second-order valence-corrected chi connectivity index (χ2v) is 8.07. The molecule has 0 aliphatic heterocycles. The Balaban J connectivity index is 1.96. The Hall–Kier alpha value is -2.15. The van der Waals surface area contributed by atoms with E-state index in [-0.39, 0.29) is 5.91 Å². The second-order valence-electron chi connectivity index (χ2n) is 6.80. The molecule has 0 bridgehead atoms. The molecule has 0 aliphatic carbocycles. The summed E-state index contributed by atoms with van der Waals surface area (Å²) in [6, 6.07) is 9.61. The molecule has 0 unspecified atom stereocenters. The fraction of sp³-hybridized carbons (Fsp3) is 0.364. The molecule has 29 heavy (non-hydrogen) atoms. The average molecular weight is 432 g/mol. The Morgan fingerprint density at radius 3 is 2.86 bits per heavy atom. The van der Waals surface area contributed by atoms with Crippen molar-refractivity contribution in [3.63, 3.8) is 0 Å². The molecule has 5 nitrogen and oxygen atoms in total. The summed E-state index contributed by atoms with van der Waals surface area (Å²) in [4.78, 5) is 17.5. The largest absolute Gasteiger partial charge is 0.383 e. The van der Waals surface area contributed by atoms with Gasteiger partial charge in [-0.15, -0.1) is 11.3 Å². The van der Waals surface area contributed by atoms with Crippen molar-refractivity contribution < 1.29 is 9.53 Å². The molecular formula is C22H26ClN3O2S. The molecule has 2 heterocycles. The molecule has 0 saturated carbocycles. The average Bonchev–Trinajstić information content (AvgIpc) is 3.32. The number of rotatable bonds is 9. The van der Waals surface area contributed by atoms with Crippen LogP contribution in [-0.2, 0) is 11.3 Å². The Morgan fingerprint density at radius 1 is 1.34 bits per heavy atom. The van der Waals surface area contributed by atoms with Crippen molar-refractivity contribution in [3.05, 3.63) is 52.0 Å². The number of hydrogen-bond donors (Lipinski definition) is 1. The van der Waals surface area contributed by atoms with Crippen LogP contribution in [0.3, 0.4) is 0 Å². The second kappa shape index (κ2) is 10.1. The van der Waals surface area contributed by atoms with E-state index < -0.39 is 0 Å². The van der Waals surface area contributed by atoms with Gasteiger partial charge in [-0.3, -0.25) is 4.79 Å². The zero-order valence-electron chi connectivity index (χ0n) is 17.0. The van der Waals surface area contributed by atoms with Crippen molar-refractivity contribution in [2.24, 2.45) is 0 Å². The van der Waals surface area contributed by atoms with Crippen molar-refractivity contribution in [1.29, 1.82) is 0 Å². The minimum Gasteiger partial charge on any atom is -0.383 e. The van der Waals surface area contributed by atoms with Crippen molar-refractivity contribution in [1.82, 2.24) is 14.9 Å². The lowest BCUT2D eigenvalue weighted by atomic mass is 10.2. The van der Waals surface area contributed by atoms with Crippen LogP contribution in [-0.4, -0.2) is 35.7 Å². The SMILES string of the molecule is CCCCNC(=O)c1cc(-c2csc(-c3ccccc3Cl)n2)n(CCOC)c1C. The van der Waals surface area contributed by atoms with E-state index in [2.05, 4.69) is 16.8 Å². The molecule has 0 fully saturated rings. The van der Waals surface area contributed by atoms with E-state index >= 15 is 0 Å². The van der Waals surface area contributed by atoms with Crippen LogP contribution in [0.25, 0.3) is 22.0 Å². The lowest BCUT2D eigenvalue weighted by Gasteiger charge is -2.10. The highest BCUT2D eigenvalue weighted by Gasteiger charge is 2.20. The van der Waals surface area contributed by atoms with Crippen molar-refractivity contribution in [2.75, 3.05) is 20.3 Å². The van der Waals surface area contributed by atoms with Crippen LogP contribution in [0, 0.1) is 6.92 Å². The zero-order valence-corrected chi connectivity index (χ0v) is 18.6. The van der Waals surface area contributed by atoms with Gasteiger partial charge in [0, 0.05) is 36.8 Å². The number of hydrogen-bond acceptors (Lipinski definition) is 4. The van der Waals surface area contributed by atoms with Crippen LogP contribution in [0.2, 0.25) is 5.02 Å². The topological polar surface area (TPSA) is 56.2 Å². The number of carbonyl (C=O) groups excluding carboxylic acids is 1. The number of benzene rings is 1. The summed E-state index contributed by atoms with van der Waals surface area (Å²) in [5.74, 6) is -0.0464. The number of unbranched alkanes of at least 4 members (excludes halogenated alkanes) is 1. The van der Waals surface area contributed by atoms with Gasteiger partial charge in [-0.1, -0.05) is 43.1 Å². The molecule has 2 aromatic heterocycles. The molecular weight excluding hydrogens is 406 g/mol. The predicted molar refractivity (Wildman–Crippen MR) is 120 cm³/mol. The highest BCUT2D eigenvalue weighted by atomic mass is 35.5. The Bertz CT molecular complexity index is 980. The van der Waals surface area contributed by atoms with Crippen LogP contribution >= 0.6 is 22.9 Å². The number of carbonyl (C=O) groups is 1. The molecule has 0 aliphatic rings. The van der Waals surface area contributed by atoms with Gasteiger partial charge in [-0.05, 0) is 25.5 Å². The minimum atomic E-state index is -0.0464. The smallest absolute Gasteiger partial charge is 0.253 e. The number of nitrogens with zero attached hydrogens (tertiary/aromatic N) is 2. The quantitative estimate of drug-likeness (QED) is 0.460. The maximum Gasteiger partial charge on any atom is 0.253 e. The molecule has 0 radical (unpaired) electrons. The lowest BCUT2D eigenvalue weighted by Crippen LogP contribution is -2.24. The molecule has 0 saturated heterocycles. The summed E-state index contributed by atoms with van der Waals surface area (Å²) in [5, 5.41) is 6.55. The Kier molecular flexibility index (Phi) is 7.47. The highest BCUT2D eigenvalue weighted by molar-refractivity contribution is 7.13. The summed E-state index contributed by atoms with van der Waals surface area (Å²) >= 11 is 7.88. The molecule has 3 rings (SSSR count). The van der Waals surface area contributed by atoms with E-state index in [1.165, 1.54) is 0 Å². The Labute approximate surface area is 180 Å². The van der Waals surface area contributed by atoms with Gasteiger partial charge in [-0.25, -0.2) is 4.98 Å². The number of nitrogens with one attached hydrogen (secondary N) is 1. The number of aromatic nitrogens is 2. The first-order valence-corrected chi connectivity index (χ1v) is 11.0. The number of halogens is 1. The summed E-state index contributed by atoms with van der Waals surface area (Å²) in [7, 11) is 1.68. The van der Waals surface area contributed by atoms with Crippen molar-refractivity contribution >= 4 is 28.8 Å². The minimum absolute atomic E-state index is 0.0464. The number of thiazole rings is 1. The fourth-order valence-electron chi connectivity index (χ4n) is 3.18. The van der Waals surface area contributed by atoms with E-state index in [9.17, 15) is 4.79 Å². The van der Waals surface area contributed by atoms with Crippen LogP contribution in [0.15, 0.2) is 35.7 Å². The molecule has 1 aromatic carbocycles. The van der Waals surface area contributed by atoms with Gasteiger partial charge in [0.1, 0.15) is 5.01 Å². The predicted octanol–water partition coefficient (Wildman–Crippen LogP) is 5.42. The summed E-state index contributed by atoms with van der Waals surface area (Å²) in [6.07, 6.45) is 2.01. The van der Waals surface area contributed by atoms with Gasteiger partial charge in [0.05, 0.1) is 28.6 Å². The fourth-order valence-corrected chi connectivity index (χ4v) is 4.32. The normalized spacial score (nSPS) is 11.0. The molecule has 154 valence electrons. The van der Waals surface area contributed by atoms with Gasteiger partial charge in [0.25, 0.3) is 5.91 Å². The van der Waals surface area contributed by atoms with Gasteiger partial charge in [0.15, 0.2) is 0 Å². The monoisotopic (exact) mass is 431 g/mol. The Morgan fingerprint density at radius 2 is 2.14 bits per heavy atom. The first-order chi connectivity index (χ1) is 14.1. The maximum absolute atomic E-state index is 12.7. The van der Waals surface area contributed by atoms with Crippen LogP contribution < -0.4 is 5.32 Å². The third-order valence-corrected chi connectivity index (χ3v) is 6.02. The van der Waals surface area contributed by atoms with Gasteiger partial charge in [-0.2, -0.15) is 0 Å². The molecule has 1 N–H and O–H groups in total. The third kappa shape index (κ3) is 4.89. The third-order valence-electron chi connectivity index (χ3n) is 4.82. The van der Waals surface area contributed by atoms with Crippen molar-refractivity contribution in [3.8, 4) is 22.0 Å². The maximum atomic E-state index is 12.7. The van der Waals surface area contributed by atoms with Gasteiger partial charge in [0.2, 0.25) is 0 Å². The number of ether oxygens (including phenoxy) is 1. The van der Waals surface area contributed by atoms with Crippen LogP contribution in [0.5, 0.6) is 0 Å². The molecule has 1 amide bonds. The van der Waals surface area contributed by atoms with E-state index in [1.54, 1.807) is 18.4 Å². The lowest BCUT2D eigenvalue weighted by molar-refractivity contribution is 0.0952. The van der Waals surface area contributed by atoms with Gasteiger partial charge >= 0.3 is 0 Å². The van der Waals surface area contributed by atoms with E-state index in [0.29, 0.717) is 30.3 Å². The summed E-state index contributed by atoms with van der Waals surface area (Å²) in [5.41, 5.74) is 4.25. The first-order valence-electron chi connectivity index (χ1n) is 9.74. The molecule has 0 atom stereocenters. The number of amides is 1. The van der Waals surface area contributed by atoms with E-state index in [4.69, 9.17) is 21.3 Å². The van der Waals surface area contributed by atoms with E-state index in [0.717, 1.165) is 40.5 Å². The molecule has 0 spiro atoms. The molecule has 3 aromatic rings. The highest BCUT2D eigenvalue weighted by Crippen LogP contribution is 2.34. The van der Waals surface area contributed by atoms with Crippen LogP contribution in [0.4, 0.5) is 0 Å².